The number of pyridine rings is 1. The van der Waals surface area contributed by atoms with Crippen LogP contribution < -0.4 is 16.0 Å². The molecule has 1 aliphatic carbocycles. The van der Waals surface area contributed by atoms with Gasteiger partial charge in [-0.25, -0.2) is 22.9 Å². The number of halogens is 4. The number of aromatic carboxylic acids is 1. The second kappa shape index (κ2) is 10.2. The Balaban J connectivity index is 1.61. The predicted molar refractivity (Wildman–Crippen MR) is 137 cm³/mol. The quantitative estimate of drug-likeness (QED) is 0.269. The number of hydrogen-bond donors (Lipinski definition) is 4. The topological polar surface area (TPSA) is 103 Å². The number of carbonyl (C=O) groups is 2. The number of rotatable bonds is 6. The maximum Gasteiger partial charge on any atom is 0.335 e. The highest BCUT2D eigenvalue weighted by molar-refractivity contribution is 6.29. The smallest absolute Gasteiger partial charge is 0.335 e. The van der Waals surface area contributed by atoms with E-state index in [0.29, 0.717) is 18.4 Å². The first kappa shape index (κ1) is 25.8. The molecule has 11 heteroatoms. The lowest BCUT2D eigenvalue weighted by molar-refractivity contribution is -0.124. The first-order chi connectivity index (χ1) is 18.2. The van der Waals surface area contributed by atoms with Crippen molar-refractivity contribution in [2.24, 2.45) is 11.8 Å². The van der Waals surface area contributed by atoms with Gasteiger partial charge in [-0.1, -0.05) is 36.9 Å². The molecule has 0 spiro atoms. The molecule has 38 heavy (non-hydrogen) atoms. The Hall–Kier alpha value is -3.79. The molecule has 2 aliphatic rings. The van der Waals surface area contributed by atoms with Crippen LogP contribution in [-0.4, -0.2) is 22.0 Å². The summed E-state index contributed by atoms with van der Waals surface area (Å²) in [5.74, 6) is -5.95. The first-order valence-corrected chi connectivity index (χ1v) is 12.6. The molecule has 0 saturated heterocycles. The normalized spacial score (nSPS) is 17.2. The lowest BCUT2D eigenvalue weighted by atomic mass is 9.71. The Bertz CT molecular complexity index is 1370. The second-order valence-corrected chi connectivity index (χ2v) is 9.99. The summed E-state index contributed by atoms with van der Waals surface area (Å²) in [5, 5.41) is 18.4. The van der Waals surface area contributed by atoms with Gasteiger partial charge < -0.3 is 21.1 Å². The molecule has 4 N–H and O–H groups in total. The highest BCUT2D eigenvalue weighted by atomic mass is 35.5. The lowest BCUT2D eigenvalue weighted by Gasteiger charge is -2.43. The zero-order chi connectivity index (χ0) is 27.0. The maximum atomic E-state index is 14.8. The van der Waals surface area contributed by atoms with Crippen molar-refractivity contribution < 1.29 is 27.9 Å². The summed E-state index contributed by atoms with van der Waals surface area (Å²) in [5.41, 5.74) is -0.839. The van der Waals surface area contributed by atoms with Gasteiger partial charge in [-0.05, 0) is 43.0 Å². The van der Waals surface area contributed by atoms with E-state index in [1.165, 1.54) is 18.3 Å². The van der Waals surface area contributed by atoms with Gasteiger partial charge in [0.2, 0.25) is 5.91 Å². The van der Waals surface area contributed by atoms with Gasteiger partial charge in [-0.3, -0.25) is 4.79 Å². The summed E-state index contributed by atoms with van der Waals surface area (Å²) < 4.78 is 43.2. The van der Waals surface area contributed by atoms with Gasteiger partial charge in [-0.2, -0.15) is 0 Å². The number of benzene rings is 2. The summed E-state index contributed by atoms with van der Waals surface area (Å²) in [6, 6.07) is 8.47. The Morgan fingerprint density at radius 3 is 2.18 bits per heavy atom. The zero-order valence-corrected chi connectivity index (χ0v) is 20.8. The fraction of sp³-hybridized carbons (Fsp3) is 0.296. The Morgan fingerprint density at radius 1 is 0.974 bits per heavy atom. The Kier molecular flexibility index (Phi) is 6.92. The molecule has 1 unspecified atom stereocenters. The van der Waals surface area contributed by atoms with Gasteiger partial charge in [-0.15, -0.1) is 0 Å². The van der Waals surface area contributed by atoms with Gasteiger partial charge in [0.25, 0.3) is 0 Å². The molecule has 0 radical (unpaired) electrons. The highest BCUT2D eigenvalue weighted by Gasteiger charge is 2.52. The van der Waals surface area contributed by atoms with E-state index < -0.39 is 40.9 Å². The molecule has 1 amide bonds. The van der Waals surface area contributed by atoms with E-state index in [2.05, 4.69) is 20.9 Å². The van der Waals surface area contributed by atoms with Crippen LogP contribution in [0.25, 0.3) is 0 Å². The molecule has 3 aromatic rings. The van der Waals surface area contributed by atoms with E-state index >= 15 is 0 Å². The minimum atomic E-state index is -1.40. The van der Waals surface area contributed by atoms with Crippen LogP contribution >= 0.6 is 11.6 Å². The number of anilines is 3. The largest absolute Gasteiger partial charge is 0.478 e. The standard InChI is InChI=1S/C27H24ClF3N4O3/c28-23-9-7-16(13-32-23)27(34-21-11-17(29)18(30)12-22(21)35-27)24(14-4-2-1-3-5-14)25(36)33-20-8-6-15(26(37)38)10-19(20)31/h6-14,24,34-35H,1-5H2,(H,33,36)(H,37,38). The van der Waals surface area contributed by atoms with Crippen LogP contribution in [0.4, 0.5) is 30.2 Å². The Morgan fingerprint density at radius 2 is 1.63 bits per heavy atom. The van der Waals surface area contributed by atoms with E-state index in [9.17, 15) is 22.8 Å². The fourth-order valence-corrected chi connectivity index (χ4v) is 5.60. The average Bonchev–Trinajstić information content (AvgIpc) is 3.25. The molecule has 1 atom stereocenters. The van der Waals surface area contributed by atoms with Crippen LogP contribution in [0.5, 0.6) is 0 Å². The van der Waals surface area contributed by atoms with Crippen LogP contribution in [0, 0.1) is 29.3 Å². The Labute approximate surface area is 221 Å². The molecule has 1 aromatic heterocycles. The van der Waals surface area contributed by atoms with Crippen molar-refractivity contribution in [2.75, 3.05) is 16.0 Å². The van der Waals surface area contributed by atoms with Crippen molar-refractivity contribution in [3.05, 3.63) is 82.4 Å². The number of hydrogen-bond acceptors (Lipinski definition) is 5. The van der Waals surface area contributed by atoms with Crippen molar-refractivity contribution in [2.45, 2.75) is 37.8 Å². The molecular weight excluding hydrogens is 521 g/mol. The number of nitrogens with one attached hydrogen (secondary N) is 3. The van der Waals surface area contributed by atoms with Gasteiger partial charge >= 0.3 is 5.97 Å². The summed E-state index contributed by atoms with van der Waals surface area (Å²) in [4.78, 5) is 29.4. The maximum absolute atomic E-state index is 14.8. The molecule has 1 aliphatic heterocycles. The fourth-order valence-electron chi connectivity index (χ4n) is 5.49. The van der Waals surface area contributed by atoms with Crippen molar-refractivity contribution in [3.8, 4) is 0 Å². The van der Waals surface area contributed by atoms with Crippen molar-refractivity contribution in [1.82, 2.24) is 4.98 Å². The number of carboxylic acids is 1. The van der Waals surface area contributed by atoms with Crippen molar-refractivity contribution >= 4 is 40.5 Å². The van der Waals surface area contributed by atoms with Gasteiger partial charge in [0.05, 0.1) is 28.5 Å². The third-order valence-corrected chi connectivity index (χ3v) is 7.47. The number of carbonyl (C=O) groups excluding carboxylic acids is 1. The minimum Gasteiger partial charge on any atom is -0.478 e. The number of amides is 1. The summed E-state index contributed by atoms with van der Waals surface area (Å²) in [7, 11) is 0. The molecular formula is C27H24ClF3N4O3. The number of aromatic nitrogens is 1. The van der Waals surface area contributed by atoms with Crippen molar-refractivity contribution in [3.63, 3.8) is 0 Å². The summed E-state index contributed by atoms with van der Waals surface area (Å²) in [6.45, 7) is 0. The molecule has 0 bridgehead atoms. The molecule has 1 fully saturated rings. The molecule has 7 nitrogen and oxygen atoms in total. The second-order valence-electron chi connectivity index (χ2n) is 9.60. The zero-order valence-electron chi connectivity index (χ0n) is 20.0. The number of fused-ring (bicyclic) bond motifs is 1. The van der Waals surface area contributed by atoms with Crippen LogP contribution in [0.1, 0.15) is 48.0 Å². The van der Waals surface area contributed by atoms with E-state index in [0.717, 1.165) is 37.5 Å². The molecule has 198 valence electrons. The van der Waals surface area contributed by atoms with Gasteiger partial charge in [0.15, 0.2) is 11.6 Å². The van der Waals surface area contributed by atoms with Crippen LogP contribution in [-0.2, 0) is 10.5 Å². The van der Waals surface area contributed by atoms with Crippen LogP contribution in [0.3, 0.4) is 0 Å². The molecule has 1 saturated carbocycles. The van der Waals surface area contributed by atoms with Gasteiger partial charge in [0, 0.05) is 23.9 Å². The van der Waals surface area contributed by atoms with E-state index in [4.69, 9.17) is 16.7 Å². The monoisotopic (exact) mass is 544 g/mol. The van der Waals surface area contributed by atoms with E-state index in [1.54, 1.807) is 12.1 Å². The van der Waals surface area contributed by atoms with Crippen LogP contribution in [0.2, 0.25) is 5.15 Å². The van der Waals surface area contributed by atoms with E-state index in [1.807, 2.05) is 0 Å². The van der Waals surface area contributed by atoms with E-state index in [-0.39, 0.29) is 33.7 Å². The van der Waals surface area contributed by atoms with Gasteiger partial charge in [0.1, 0.15) is 16.6 Å². The SMILES string of the molecule is O=C(O)c1ccc(NC(=O)C(C2CCCCC2)C2(c3ccc(Cl)nc3)Nc3cc(F)c(F)cc3N2)c(F)c1. The number of nitrogens with zero attached hydrogens (tertiary/aromatic N) is 1. The highest BCUT2D eigenvalue weighted by Crippen LogP contribution is 2.49. The third kappa shape index (κ3) is 4.76. The first-order valence-electron chi connectivity index (χ1n) is 12.2. The minimum absolute atomic E-state index is 0.183. The average molecular weight is 545 g/mol. The number of carboxylic acid groups (broad SMARTS) is 1. The predicted octanol–water partition coefficient (Wildman–Crippen LogP) is 6.38. The molecule has 2 aromatic carbocycles. The summed E-state index contributed by atoms with van der Waals surface area (Å²) in [6.07, 6.45) is 5.63. The third-order valence-electron chi connectivity index (χ3n) is 7.25. The molecule has 5 rings (SSSR count). The summed E-state index contributed by atoms with van der Waals surface area (Å²) >= 11 is 6.03. The molecule has 2 heterocycles. The van der Waals surface area contributed by atoms with Crippen molar-refractivity contribution in [1.29, 1.82) is 0 Å². The lowest BCUT2D eigenvalue weighted by Crippen LogP contribution is -2.54. The van der Waals surface area contributed by atoms with Crippen LogP contribution in [0.15, 0.2) is 48.7 Å².